The summed E-state index contributed by atoms with van der Waals surface area (Å²) in [6.07, 6.45) is 0. The Bertz CT molecular complexity index is 6.00. The number of rotatable bonds is 0. The van der Waals surface area contributed by atoms with Gasteiger partial charge in [0, 0.05) is 0 Å². The zero-order valence-corrected chi connectivity index (χ0v) is 7.14. The smallest absolute Gasteiger partial charge is 0.870 e. The summed E-state index contributed by atoms with van der Waals surface area (Å²) in [4.78, 5) is 0. The van der Waals surface area contributed by atoms with Gasteiger partial charge in [-0.3, -0.25) is 0 Å². The van der Waals surface area contributed by atoms with Crippen LogP contribution in [0.1, 0.15) is 0 Å². The average Bonchev–Trinajstić information content (AvgIpc) is 0. The first-order chi connectivity index (χ1) is 0. The van der Waals surface area contributed by atoms with Crippen molar-refractivity contribution in [3.63, 3.8) is 0 Å². The molecule has 0 aliphatic rings. The average molecular weight is 97.4 g/mol. The summed E-state index contributed by atoms with van der Waals surface area (Å²) in [6.45, 7) is 0. The maximum Gasteiger partial charge on any atom is 2.00 e. The van der Waals surface area contributed by atoms with Crippen molar-refractivity contribution in [2.24, 2.45) is 0 Å². The second-order valence-corrected chi connectivity index (χ2v) is 0. The van der Waals surface area contributed by atoms with Crippen LogP contribution in [0, 0.1) is 0 Å². The molecule has 0 spiro atoms. The van der Waals surface area contributed by atoms with Crippen LogP contribution >= 0.6 is 0 Å². The van der Waals surface area contributed by atoms with E-state index < -0.39 is 0 Å². The first-order valence-electron chi connectivity index (χ1n) is 0. The first-order valence-corrected chi connectivity index (χ1v) is 0. The van der Waals surface area contributed by atoms with Crippen molar-refractivity contribution in [3.05, 3.63) is 0 Å². The van der Waals surface area contributed by atoms with Gasteiger partial charge in [-0.05, 0) is 0 Å². The molecule has 4 heavy (non-hydrogen) atoms. The van der Waals surface area contributed by atoms with E-state index in [0.29, 0.717) is 0 Å². The molecule has 0 unspecified atom stereocenters. The van der Waals surface area contributed by atoms with E-state index in [1.54, 1.807) is 0 Å². The summed E-state index contributed by atoms with van der Waals surface area (Å²) in [6, 6.07) is 0. The molecule has 4 heteroatoms. The minimum absolute atomic E-state index is 0. The third-order valence-electron chi connectivity index (χ3n) is 0. The summed E-state index contributed by atoms with van der Waals surface area (Å²) in [5.41, 5.74) is 0. The predicted molar refractivity (Wildman–Crippen MR) is 9.63 cm³/mol. The fraction of sp³-hybridized carbons (Fsp3) is 0. The third kappa shape index (κ3) is 8.85. The molecule has 0 bridgehead atoms. The standard InChI is InChI=1S/K.Mg.2H2O/h;;2*1H2/q+1;+2;;/p-2. The van der Waals surface area contributed by atoms with E-state index in [9.17, 15) is 0 Å². The van der Waals surface area contributed by atoms with E-state index in [0.717, 1.165) is 0 Å². The molecular formula is H2KMgO2+. The Balaban J connectivity index is 0. The maximum absolute atomic E-state index is 0. The van der Waals surface area contributed by atoms with Crippen LogP contribution in [0.5, 0.6) is 0 Å². The van der Waals surface area contributed by atoms with E-state index in [-0.39, 0.29) is 85.4 Å². The van der Waals surface area contributed by atoms with Crippen molar-refractivity contribution in [3.8, 4) is 0 Å². The monoisotopic (exact) mass is 97.0 g/mol. The minimum Gasteiger partial charge on any atom is -0.870 e. The molecule has 16 valence electrons. The van der Waals surface area contributed by atoms with Crippen LogP contribution in [0.4, 0.5) is 0 Å². The second-order valence-electron chi connectivity index (χ2n) is 0. The predicted octanol–water partition coefficient (Wildman–Crippen LogP) is -3.73. The minimum atomic E-state index is 0. The molecule has 2 nitrogen and oxygen atoms in total. The van der Waals surface area contributed by atoms with Crippen LogP contribution < -0.4 is 51.4 Å². The number of hydrogen-bond donors (Lipinski definition) is 0. The molecule has 0 radical (unpaired) electrons. The van der Waals surface area contributed by atoms with Gasteiger partial charge in [0.05, 0.1) is 0 Å². The molecule has 0 fully saturated rings. The summed E-state index contributed by atoms with van der Waals surface area (Å²) < 4.78 is 0. The molecule has 0 atom stereocenters. The van der Waals surface area contributed by atoms with Crippen molar-refractivity contribution >= 4 is 23.1 Å². The summed E-state index contributed by atoms with van der Waals surface area (Å²) in [5.74, 6) is 0. The molecule has 0 rings (SSSR count). The molecule has 0 saturated carbocycles. The molecule has 0 aromatic heterocycles. The van der Waals surface area contributed by atoms with Crippen LogP contribution in [0.15, 0.2) is 0 Å². The van der Waals surface area contributed by atoms with Crippen molar-refractivity contribution in [2.45, 2.75) is 0 Å². The number of hydrogen-bond acceptors (Lipinski definition) is 2. The van der Waals surface area contributed by atoms with Crippen molar-refractivity contribution < 1.29 is 62.3 Å². The van der Waals surface area contributed by atoms with Gasteiger partial charge in [-0.25, -0.2) is 0 Å². The molecule has 0 saturated heterocycles. The van der Waals surface area contributed by atoms with Gasteiger partial charge in [0.2, 0.25) is 0 Å². The van der Waals surface area contributed by atoms with Crippen molar-refractivity contribution in [1.29, 1.82) is 0 Å². The largest absolute Gasteiger partial charge is 2.00 e. The van der Waals surface area contributed by atoms with E-state index >= 15 is 0 Å². The van der Waals surface area contributed by atoms with Crippen LogP contribution in [-0.2, 0) is 0 Å². The Morgan fingerprint density at radius 2 is 0.750 bits per heavy atom. The molecule has 0 heterocycles. The van der Waals surface area contributed by atoms with Gasteiger partial charge < -0.3 is 11.0 Å². The van der Waals surface area contributed by atoms with Crippen molar-refractivity contribution in [1.82, 2.24) is 0 Å². The molecule has 0 aliphatic heterocycles. The van der Waals surface area contributed by atoms with Gasteiger partial charge in [-0.1, -0.05) is 0 Å². The van der Waals surface area contributed by atoms with Gasteiger partial charge in [0.1, 0.15) is 0 Å². The fourth-order valence-corrected chi connectivity index (χ4v) is 0. The van der Waals surface area contributed by atoms with Gasteiger partial charge >= 0.3 is 74.4 Å². The SMILES string of the molecule is [K+].[Mg+2].[OH-].[OH-]. The van der Waals surface area contributed by atoms with Crippen LogP contribution in [0.3, 0.4) is 0 Å². The normalized spacial score (nSPS) is 0. The van der Waals surface area contributed by atoms with Crippen LogP contribution in [0.2, 0.25) is 0 Å². The Morgan fingerprint density at radius 1 is 0.750 bits per heavy atom. The topological polar surface area (TPSA) is 60.0 Å². The van der Waals surface area contributed by atoms with Gasteiger partial charge in [-0.15, -0.1) is 0 Å². The Labute approximate surface area is 83.5 Å². The zero-order valence-electron chi connectivity index (χ0n) is 2.60. The molecule has 0 aromatic rings. The van der Waals surface area contributed by atoms with Crippen LogP contribution in [-0.4, -0.2) is 34.0 Å². The molecular weight excluding hydrogens is 95.4 g/mol. The fourth-order valence-electron chi connectivity index (χ4n) is 0. The maximum atomic E-state index is 0. The molecule has 2 N–H and O–H groups in total. The molecule has 0 aliphatic carbocycles. The quantitative estimate of drug-likeness (QED) is 0.292. The van der Waals surface area contributed by atoms with E-state index in [4.69, 9.17) is 0 Å². The molecule has 0 aromatic carbocycles. The van der Waals surface area contributed by atoms with Gasteiger partial charge in [0.25, 0.3) is 0 Å². The Hall–Kier alpha value is 2.32. The van der Waals surface area contributed by atoms with E-state index in [1.807, 2.05) is 0 Å². The Kier molecular flexibility index (Phi) is 153. The van der Waals surface area contributed by atoms with Crippen LogP contribution in [0.25, 0.3) is 0 Å². The van der Waals surface area contributed by atoms with Crippen molar-refractivity contribution in [2.75, 3.05) is 0 Å². The first kappa shape index (κ1) is 33.2. The molecule has 0 amide bonds. The third-order valence-corrected chi connectivity index (χ3v) is 0. The van der Waals surface area contributed by atoms with Gasteiger partial charge in [0.15, 0.2) is 0 Å². The Morgan fingerprint density at radius 3 is 0.750 bits per heavy atom. The van der Waals surface area contributed by atoms with E-state index in [1.165, 1.54) is 0 Å². The summed E-state index contributed by atoms with van der Waals surface area (Å²) in [5, 5.41) is 0. The summed E-state index contributed by atoms with van der Waals surface area (Å²) >= 11 is 0. The second kappa shape index (κ2) is 18.4. The zero-order chi connectivity index (χ0) is 0. The van der Waals surface area contributed by atoms with Gasteiger partial charge in [-0.2, -0.15) is 0 Å². The summed E-state index contributed by atoms with van der Waals surface area (Å²) in [7, 11) is 0. The van der Waals surface area contributed by atoms with E-state index in [2.05, 4.69) is 0 Å².